The minimum Gasteiger partial charge on any atom is -0.480 e. The molecule has 0 unspecified atom stereocenters. The molecule has 0 aliphatic carbocycles. The third-order valence-electron chi connectivity index (χ3n) is 2.75. The van der Waals surface area contributed by atoms with E-state index in [9.17, 15) is 9.59 Å². The van der Waals surface area contributed by atoms with Gasteiger partial charge in [-0.15, -0.1) is 0 Å². The normalized spacial score (nSPS) is 12.8. The number of carboxylic acid groups (broad SMARTS) is 1. The summed E-state index contributed by atoms with van der Waals surface area (Å²) in [4.78, 5) is 27.0. The number of rotatable bonds is 5. The third-order valence-corrected chi connectivity index (χ3v) is 2.75. The molecule has 0 spiro atoms. The van der Waals surface area contributed by atoms with Gasteiger partial charge in [0.15, 0.2) is 0 Å². The summed E-state index contributed by atoms with van der Waals surface area (Å²) in [6, 6.07) is 4.62. The van der Waals surface area contributed by atoms with Crippen molar-refractivity contribution in [2.75, 3.05) is 0 Å². The molecular weight excluding hydrogens is 244 g/mol. The van der Waals surface area contributed by atoms with Gasteiger partial charge in [-0.05, 0) is 24.0 Å². The Labute approximate surface area is 113 Å². The highest BCUT2D eigenvalue weighted by molar-refractivity contribution is 5.84. The van der Waals surface area contributed by atoms with Crippen molar-refractivity contribution in [1.29, 1.82) is 0 Å². The average Bonchev–Trinajstić information content (AvgIpc) is 2.33. The van der Waals surface area contributed by atoms with Gasteiger partial charge in [0.2, 0.25) is 5.91 Å². The monoisotopic (exact) mass is 264 g/mol. The Morgan fingerprint density at radius 1 is 1.37 bits per heavy atom. The van der Waals surface area contributed by atoms with Crippen molar-refractivity contribution in [1.82, 2.24) is 10.3 Å². The largest absolute Gasteiger partial charge is 0.480 e. The molecule has 0 fully saturated rings. The summed E-state index contributed by atoms with van der Waals surface area (Å²) < 4.78 is 0. The maximum Gasteiger partial charge on any atom is 0.326 e. The lowest BCUT2D eigenvalue weighted by Gasteiger charge is -2.27. The van der Waals surface area contributed by atoms with Crippen LogP contribution in [0.25, 0.3) is 0 Å². The van der Waals surface area contributed by atoms with Crippen LogP contribution in [0.4, 0.5) is 0 Å². The van der Waals surface area contributed by atoms with E-state index in [1.165, 1.54) is 0 Å². The number of carboxylic acids is 1. The molecule has 0 aliphatic rings. The lowest BCUT2D eigenvalue weighted by atomic mass is 9.86. The summed E-state index contributed by atoms with van der Waals surface area (Å²) in [7, 11) is 0. The second-order valence-corrected chi connectivity index (χ2v) is 5.53. The van der Waals surface area contributed by atoms with Gasteiger partial charge in [-0.25, -0.2) is 4.79 Å². The van der Waals surface area contributed by atoms with Crippen LogP contribution in [-0.2, 0) is 16.0 Å². The average molecular weight is 264 g/mol. The molecule has 1 aromatic rings. The van der Waals surface area contributed by atoms with Crippen molar-refractivity contribution in [2.24, 2.45) is 5.41 Å². The summed E-state index contributed by atoms with van der Waals surface area (Å²) >= 11 is 0. The van der Waals surface area contributed by atoms with Crippen molar-refractivity contribution in [3.05, 3.63) is 30.1 Å². The molecule has 1 atom stereocenters. The maximum absolute atomic E-state index is 11.8. The molecule has 1 aromatic heterocycles. The van der Waals surface area contributed by atoms with Gasteiger partial charge in [-0.3, -0.25) is 9.78 Å². The third kappa shape index (κ3) is 5.07. The number of carbonyl (C=O) groups is 2. The highest BCUT2D eigenvalue weighted by Crippen LogP contribution is 2.19. The van der Waals surface area contributed by atoms with E-state index in [-0.39, 0.29) is 12.3 Å². The molecule has 2 N–H and O–H groups in total. The summed E-state index contributed by atoms with van der Waals surface area (Å²) in [5.41, 5.74) is 0.298. The standard InChI is InChI=1S/C14H20N2O3/c1-14(2,3)12(13(18)19)16-11(17)8-7-10-6-4-5-9-15-10/h4-6,9,12H,7-8H2,1-3H3,(H,16,17)(H,18,19)/t12-/m1/s1. The van der Waals surface area contributed by atoms with Crippen molar-refractivity contribution < 1.29 is 14.7 Å². The Morgan fingerprint density at radius 2 is 2.05 bits per heavy atom. The van der Waals surface area contributed by atoms with Crippen LogP contribution in [0.15, 0.2) is 24.4 Å². The first-order chi connectivity index (χ1) is 8.80. The highest BCUT2D eigenvalue weighted by Gasteiger charge is 2.32. The molecule has 0 saturated carbocycles. The van der Waals surface area contributed by atoms with Crippen molar-refractivity contribution in [3.8, 4) is 0 Å². The van der Waals surface area contributed by atoms with Crippen molar-refractivity contribution >= 4 is 11.9 Å². The first-order valence-electron chi connectivity index (χ1n) is 6.23. The Bertz CT molecular complexity index is 438. The van der Waals surface area contributed by atoms with Crippen LogP contribution in [0.3, 0.4) is 0 Å². The van der Waals surface area contributed by atoms with E-state index in [1.54, 1.807) is 27.0 Å². The second kappa shape index (κ2) is 6.31. The maximum atomic E-state index is 11.8. The van der Waals surface area contributed by atoms with E-state index in [2.05, 4.69) is 10.3 Å². The Morgan fingerprint density at radius 3 is 2.53 bits per heavy atom. The van der Waals surface area contributed by atoms with E-state index < -0.39 is 17.4 Å². The van der Waals surface area contributed by atoms with Gasteiger partial charge in [0, 0.05) is 18.3 Å². The van der Waals surface area contributed by atoms with Gasteiger partial charge >= 0.3 is 5.97 Å². The molecule has 1 heterocycles. The molecule has 0 bridgehead atoms. The number of hydrogen-bond acceptors (Lipinski definition) is 3. The van der Waals surface area contributed by atoms with Crippen LogP contribution in [0.5, 0.6) is 0 Å². The smallest absolute Gasteiger partial charge is 0.326 e. The molecule has 5 heteroatoms. The van der Waals surface area contributed by atoms with E-state index in [0.717, 1.165) is 5.69 Å². The molecule has 1 amide bonds. The number of nitrogens with one attached hydrogen (secondary N) is 1. The van der Waals surface area contributed by atoms with Gasteiger partial charge in [0.05, 0.1) is 0 Å². The van der Waals surface area contributed by atoms with Gasteiger partial charge in [-0.2, -0.15) is 0 Å². The molecule has 0 radical (unpaired) electrons. The van der Waals surface area contributed by atoms with E-state index in [0.29, 0.717) is 6.42 Å². The fourth-order valence-corrected chi connectivity index (χ4v) is 1.67. The molecule has 19 heavy (non-hydrogen) atoms. The van der Waals surface area contributed by atoms with E-state index in [4.69, 9.17) is 5.11 Å². The van der Waals surface area contributed by atoms with Gasteiger partial charge < -0.3 is 10.4 Å². The minimum atomic E-state index is -1.02. The summed E-state index contributed by atoms with van der Waals surface area (Å²) in [5.74, 6) is -1.29. The SMILES string of the molecule is CC(C)(C)[C@H](NC(=O)CCc1ccccn1)C(=O)O. The Kier molecular flexibility index (Phi) is 5.03. The summed E-state index contributed by atoms with van der Waals surface area (Å²) in [5, 5.41) is 11.7. The van der Waals surface area contributed by atoms with E-state index >= 15 is 0 Å². The number of nitrogens with zero attached hydrogens (tertiary/aromatic N) is 1. The number of aliphatic carboxylic acids is 1. The fraction of sp³-hybridized carbons (Fsp3) is 0.500. The number of carbonyl (C=O) groups excluding carboxylic acids is 1. The summed E-state index contributed by atoms with van der Waals surface area (Å²) in [6.45, 7) is 5.35. The molecule has 0 aromatic carbocycles. The summed E-state index contributed by atoms with van der Waals surface area (Å²) in [6.07, 6.45) is 2.41. The molecule has 0 aliphatic heterocycles. The predicted octanol–water partition coefficient (Wildman–Crippen LogP) is 1.63. The number of amides is 1. The number of hydrogen-bond donors (Lipinski definition) is 2. The molecule has 0 saturated heterocycles. The molecule has 5 nitrogen and oxygen atoms in total. The van der Waals surface area contributed by atoms with E-state index in [1.807, 2.05) is 18.2 Å². The van der Waals surface area contributed by atoms with Crippen LogP contribution in [0.1, 0.15) is 32.9 Å². The predicted molar refractivity (Wildman–Crippen MR) is 71.6 cm³/mol. The van der Waals surface area contributed by atoms with Crippen LogP contribution >= 0.6 is 0 Å². The van der Waals surface area contributed by atoms with Crippen LogP contribution in [-0.4, -0.2) is 28.0 Å². The molecular formula is C14H20N2O3. The Hall–Kier alpha value is -1.91. The number of aryl methyl sites for hydroxylation is 1. The number of aromatic nitrogens is 1. The second-order valence-electron chi connectivity index (χ2n) is 5.53. The molecule has 1 rings (SSSR count). The van der Waals surface area contributed by atoms with Gasteiger partial charge in [0.25, 0.3) is 0 Å². The van der Waals surface area contributed by atoms with Crippen LogP contribution < -0.4 is 5.32 Å². The first kappa shape index (κ1) is 15.1. The Balaban J connectivity index is 2.52. The van der Waals surface area contributed by atoms with Crippen molar-refractivity contribution in [2.45, 2.75) is 39.7 Å². The zero-order chi connectivity index (χ0) is 14.5. The van der Waals surface area contributed by atoms with Crippen LogP contribution in [0, 0.1) is 5.41 Å². The topological polar surface area (TPSA) is 79.3 Å². The van der Waals surface area contributed by atoms with Gasteiger partial charge in [0.1, 0.15) is 6.04 Å². The highest BCUT2D eigenvalue weighted by atomic mass is 16.4. The molecule has 104 valence electrons. The lowest BCUT2D eigenvalue weighted by molar-refractivity contribution is -0.144. The van der Waals surface area contributed by atoms with Gasteiger partial charge in [-0.1, -0.05) is 26.8 Å². The fourth-order valence-electron chi connectivity index (χ4n) is 1.67. The zero-order valence-electron chi connectivity index (χ0n) is 11.5. The number of pyridine rings is 1. The zero-order valence-corrected chi connectivity index (χ0v) is 11.5. The first-order valence-corrected chi connectivity index (χ1v) is 6.23. The minimum absolute atomic E-state index is 0.233. The lowest BCUT2D eigenvalue weighted by Crippen LogP contribution is -2.49. The quantitative estimate of drug-likeness (QED) is 0.847. The van der Waals surface area contributed by atoms with Crippen molar-refractivity contribution in [3.63, 3.8) is 0 Å². The van der Waals surface area contributed by atoms with Crippen LogP contribution in [0.2, 0.25) is 0 Å².